The summed E-state index contributed by atoms with van der Waals surface area (Å²) in [6.07, 6.45) is 8.65. The number of aromatic nitrogens is 2. The molecule has 0 atom stereocenters. The number of piperidine rings is 1. The Balaban J connectivity index is 1.52. The third-order valence-electron chi connectivity index (χ3n) is 8.31. The molecule has 1 saturated heterocycles. The fraction of sp³-hybridized carbons (Fsp3) is 0.452. The van der Waals surface area contributed by atoms with Crippen LogP contribution in [0.5, 0.6) is 0 Å². The van der Waals surface area contributed by atoms with Crippen molar-refractivity contribution in [2.24, 2.45) is 5.92 Å². The van der Waals surface area contributed by atoms with Gasteiger partial charge in [-0.25, -0.2) is 14.4 Å². The zero-order valence-corrected chi connectivity index (χ0v) is 22.0. The molecule has 0 bridgehead atoms. The highest BCUT2D eigenvalue weighted by atomic mass is 19.1. The second-order valence-electron chi connectivity index (χ2n) is 10.9. The van der Waals surface area contributed by atoms with Crippen LogP contribution in [0, 0.1) is 11.7 Å². The molecule has 0 unspecified atom stereocenters. The van der Waals surface area contributed by atoms with Crippen LogP contribution >= 0.6 is 0 Å². The van der Waals surface area contributed by atoms with Crippen LogP contribution in [0.1, 0.15) is 72.6 Å². The monoisotopic (exact) mass is 500 g/mol. The van der Waals surface area contributed by atoms with E-state index in [0.717, 1.165) is 69.3 Å². The van der Waals surface area contributed by atoms with E-state index >= 15 is 0 Å². The van der Waals surface area contributed by atoms with E-state index in [9.17, 15) is 9.18 Å². The minimum Gasteiger partial charge on any atom is -0.341 e. The van der Waals surface area contributed by atoms with E-state index in [1.54, 1.807) is 11.1 Å². The zero-order chi connectivity index (χ0) is 25.8. The Morgan fingerprint density at radius 3 is 2.41 bits per heavy atom. The van der Waals surface area contributed by atoms with E-state index in [1.165, 1.54) is 17.7 Å². The Hall–Kier alpha value is -3.28. The van der Waals surface area contributed by atoms with Crippen molar-refractivity contribution in [3.63, 3.8) is 0 Å². The molecule has 0 N–H and O–H groups in total. The minimum absolute atomic E-state index is 0.0573. The van der Waals surface area contributed by atoms with Gasteiger partial charge in [0.2, 0.25) is 5.95 Å². The van der Waals surface area contributed by atoms with Crippen LogP contribution in [0.3, 0.4) is 0 Å². The van der Waals surface area contributed by atoms with Crippen LogP contribution < -0.4 is 4.90 Å². The number of halogens is 1. The molecule has 0 radical (unpaired) electrons. The summed E-state index contributed by atoms with van der Waals surface area (Å²) in [5.74, 6) is 1.10. The summed E-state index contributed by atoms with van der Waals surface area (Å²) in [5, 5.41) is 0. The second-order valence-corrected chi connectivity index (χ2v) is 10.9. The molecule has 5 rings (SSSR count). The van der Waals surface area contributed by atoms with Crippen LogP contribution in [-0.4, -0.2) is 47.5 Å². The van der Waals surface area contributed by atoms with Gasteiger partial charge in [0.15, 0.2) is 0 Å². The van der Waals surface area contributed by atoms with Crippen molar-refractivity contribution in [2.45, 2.75) is 57.3 Å². The summed E-state index contributed by atoms with van der Waals surface area (Å²) >= 11 is 0. The van der Waals surface area contributed by atoms with Gasteiger partial charge in [-0.05, 0) is 61.3 Å². The highest BCUT2D eigenvalue weighted by molar-refractivity contribution is 5.95. The van der Waals surface area contributed by atoms with Crippen molar-refractivity contribution in [3.8, 4) is 0 Å². The molecule has 37 heavy (non-hydrogen) atoms. The molecule has 5 nitrogen and oxygen atoms in total. The Kier molecular flexibility index (Phi) is 7.54. The lowest BCUT2D eigenvalue weighted by molar-refractivity contribution is 0.0793. The lowest BCUT2D eigenvalue weighted by atomic mass is 9.74. The fourth-order valence-electron chi connectivity index (χ4n) is 5.91. The summed E-state index contributed by atoms with van der Waals surface area (Å²) in [4.78, 5) is 27.8. The molecular formula is C31H37FN4O. The van der Waals surface area contributed by atoms with Crippen molar-refractivity contribution >= 4 is 11.9 Å². The van der Waals surface area contributed by atoms with E-state index in [-0.39, 0.29) is 11.7 Å². The zero-order valence-electron chi connectivity index (χ0n) is 22.0. The fourth-order valence-corrected chi connectivity index (χ4v) is 5.91. The van der Waals surface area contributed by atoms with Crippen molar-refractivity contribution in [1.29, 1.82) is 0 Å². The molecule has 2 heterocycles. The van der Waals surface area contributed by atoms with Gasteiger partial charge >= 0.3 is 0 Å². The smallest absolute Gasteiger partial charge is 0.257 e. The topological polar surface area (TPSA) is 49.3 Å². The van der Waals surface area contributed by atoms with Crippen molar-refractivity contribution in [2.75, 3.05) is 31.6 Å². The van der Waals surface area contributed by atoms with Gasteiger partial charge < -0.3 is 9.80 Å². The van der Waals surface area contributed by atoms with Crippen LogP contribution in [0.2, 0.25) is 0 Å². The van der Waals surface area contributed by atoms with Crippen LogP contribution in [0.25, 0.3) is 0 Å². The number of amides is 1. The van der Waals surface area contributed by atoms with Crippen molar-refractivity contribution in [3.05, 3.63) is 89.0 Å². The number of anilines is 1. The Bertz CT molecular complexity index is 1200. The third kappa shape index (κ3) is 5.39. The van der Waals surface area contributed by atoms with Gasteiger partial charge in [0.25, 0.3) is 5.91 Å². The van der Waals surface area contributed by atoms with Crippen LogP contribution in [-0.2, 0) is 11.8 Å². The Labute approximate surface area is 219 Å². The van der Waals surface area contributed by atoms with Crippen molar-refractivity contribution < 1.29 is 9.18 Å². The number of hydrogen-bond donors (Lipinski definition) is 0. The van der Waals surface area contributed by atoms with Crippen LogP contribution in [0.15, 0.2) is 60.8 Å². The normalized spacial score (nSPS) is 17.6. The maximum atomic E-state index is 13.9. The molecule has 1 aromatic heterocycles. The quantitative estimate of drug-likeness (QED) is 0.398. The highest BCUT2D eigenvalue weighted by Crippen LogP contribution is 2.47. The standard InChI is InChI=1S/C31H37FN4O/c1-23-14-20-36(21-15-23)30-33-22-27(29(37)35(2)19-16-24-8-4-3-5-9-24)28(34-30)31(17-6-7-18-31)25-10-12-26(32)13-11-25/h3-5,8-13,22-23H,6-7,14-21H2,1-2H3. The van der Waals surface area contributed by atoms with Gasteiger partial charge in [0, 0.05) is 38.3 Å². The number of likely N-dealkylation sites (N-methyl/N-ethyl adjacent to an activating group) is 1. The number of nitrogens with zero attached hydrogens (tertiary/aromatic N) is 4. The first kappa shape index (κ1) is 25.4. The van der Waals surface area contributed by atoms with Gasteiger partial charge in [-0.1, -0.05) is 62.2 Å². The maximum Gasteiger partial charge on any atom is 0.257 e. The number of benzene rings is 2. The molecule has 194 valence electrons. The van der Waals surface area contributed by atoms with E-state index < -0.39 is 5.41 Å². The maximum absolute atomic E-state index is 13.9. The molecule has 2 aromatic carbocycles. The first-order chi connectivity index (χ1) is 18.0. The van der Waals surface area contributed by atoms with E-state index in [4.69, 9.17) is 9.97 Å². The van der Waals surface area contributed by atoms with E-state index in [2.05, 4.69) is 24.0 Å². The minimum atomic E-state index is -0.417. The molecule has 1 aliphatic heterocycles. The highest BCUT2D eigenvalue weighted by Gasteiger charge is 2.42. The van der Waals surface area contributed by atoms with Gasteiger partial charge in [0.05, 0.1) is 11.3 Å². The summed E-state index contributed by atoms with van der Waals surface area (Å²) in [6.45, 7) is 4.75. The largest absolute Gasteiger partial charge is 0.341 e. The lowest BCUT2D eigenvalue weighted by Crippen LogP contribution is -2.37. The summed E-state index contributed by atoms with van der Waals surface area (Å²) in [7, 11) is 1.86. The molecular weight excluding hydrogens is 463 g/mol. The molecule has 2 fully saturated rings. The van der Waals surface area contributed by atoms with Crippen molar-refractivity contribution in [1.82, 2.24) is 14.9 Å². The molecule has 6 heteroatoms. The number of carbonyl (C=O) groups is 1. The third-order valence-corrected chi connectivity index (χ3v) is 8.31. The molecule has 1 saturated carbocycles. The van der Waals surface area contributed by atoms with Gasteiger partial charge in [-0.2, -0.15) is 0 Å². The van der Waals surface area contributed by atoms with E-state index in [1.807, 2.05) is 37.4 Å². The summed E-state index contributed by atoms with van der Waals surface area (Å²) < 4.78 is 13.9. The molecule has 1 aliphatic carbocycles. The summed E-state index contributed by atoms with van der Waals surface area (Å²) in [6, 6.07) is 17.0. The first-order valence-corrected chi connectivity index (χ1v) is 13.6. The average molecular weight is 501 g/mol. The number of rotatable bonds is 7. The Morgan fingerprint density at radius 1 is 1.05 bits per heavy atom. The second kappa shape index (κ2) is 11.0. The summed E-state index contributed by atoms with van der Waals surface area (Å²) in [5.41, 5.74) is 3.18. The predicted molar refractivity (Wildman–Crippen MR) is 145 cm³/mol. The molecule has 2 aliphatic rings. The molecule has 0 spiro atoms. The Morgan fingerprint density at radius 2 is 1.73 bits per heavy atom. The number of hydrogen-bond acceptors (Lipinski definition) is 4. The predicted octanol–water partition coefficient (Wildman–Crippen LogP) is 6.03. The first-order valence-electron chi connectivity index (χ1n) is 13.6. The van der Waals surface area contributed by atoms with Gasteiger partial charge in [-0.3, -0.25) is 4.79 Å². The lowest BCUT2D eigenvalue weighted by Gasteiger charge is -2.34. The van der Waals surface area contributed by atoms with Crippen LogP contribution in [0.4, 0.5) is 10.3 Å². The number of carbonyl (C=O) groups excluding carboxylic acids is 1. The van der Waals surface area contributed by atoms with Gasteiger partial charge in [-0.15, -0.1) is 0 Å². The molecule has 1 amide bonds. The van der Waals surface area contributed by atoms with Gasteiger partial charge in [0.1, 0.15) is 5.82 Å². The molecule has 3 aromatic rings. The van der Waals surface area contributed by atoms with E-state index in [0.29, 0.717) is 24.0 Å². The SMILES string of the molecule is CC1CCN(c2ncc(C(=O)N(C)CCc3ccccc3)c(C3(c4ccc(F)cc4)CCCC3)n2)CC1. The average Bonchev–Trinajstić information content (AvgIpc) is 3.43.